The molecule has 8 nitrogen and oxygen atoms in total. The van der Waals surface area contributed by atoms with Crippen LogP contribution in [0.4, 0.5) is 0 Å². The average Bonchev–Trinajstić information content (AvgIpc) is 3.05. The summed E-state index contributed by atoms with van der Waals surface area (Å²) in [6.07, 6.45) is 1.53. The Labute approximate surface area is 181 Å². The Morgan fingerprint density at radius 2 is 1.84 bits per heavy atom. The minimum Gasteiger partial charge on any atom is -0.461 e. The van der Waals surface area contributed by atoms with E-state index in [4.69, 9.17) is 4.74 Å². The lowest BCUT2D eigenvalue weighted by Crippen LogP contribution is -2.36. The zero-order valence-electron chi connectivity index (χ0n) is 17.9. The number of carbonyl (C=O) groups excluding carboxylic acids is 2. The van der Waals surface area contributed by atoms with Gasteiger partial charge in [-0.2, -0.15) is 4.31 Å². The number of hydrogen-bond donors (Lipinski definition) is 1. The molecule has 1 N–H and O–H groups in total. The number of esters is 1. The number of pyridine rings is 1. The van der Waals surface area contributed by atoms with Crippen LogP contribution in [0.5, 0.6) is 0 Å². The third-order valence-corrected chi connectivity index (χ3v) is 7.03. The second kappa shape index (κ2) is 8.99. The minimum atomic E-state index is -3.98. The van der Waals surface area contributed by atoms with E-state index in [2.05, 4.69) is 9.97 Å². The molecule has 0 unspecified atom stereocenters. The number of carbonyl (C=O) groups is 2. The first-order valence-electron chi connectivity index (χ1n) is 9.95. The van der Waals surface area contributed by atoms with Gasteiger partial charge in [0.2, 0.25) is 10.0 Å². The standard InChI is InChI=1S/C22H25N3O5S/c1-5-25(31(28,29)18-11-7-9-16-10-8-12-23-21(16)18)13-17(26)19-14(3)20(24-15(19)4)22(27)30-6-2/h7-12,24H,5-6,13H2,1-4H3. The maximum absolute atomic E-state index is 13.4. The Hall–Kier alpha value is -3.04. The van der Waals surface area contributed by atoms with Crippen LogP contribution in [-0.2, 0) is 14.8 Å². The number of ether oxygens (including phenoxy) is 1. The first kappa shape index (κ1) is 22.6. The summed E-state index contributed by atoms with van der Waals surface area (Å²) in [5.74, 6) is -0.954. The number of likely N-dealkylation sites (N-methyl/N-ethyl adjacent to an activating group) is 1. The second-order valence-electron chi connectivity index (χ2n) is 7.03. The third-order valence-electron chi connectivity index (χ3n) is 5.08. The molecule has 3 aromatic rings. The Morgan fingerprint density at radius 3 is 2.52 bits per heavy atom. The number of ketones is 1. The van der Waals surface area contributed by atoms with Gasteiger partial charge < -0.3 is 9.72 Å². The van der Waals surface area contributed by atoms with Crippen LogP contribution < -0.4 is 0 Å². The van der Waals surface area contributed by atoms with Crippen LogP contribution in [-0.4, -0.2) is 54.1 Å². The summed E-state index contributed by atoms with van der Waals surface area (Å²) in [7, 11) is -3.98. The van der Waals surface area contributed by atoms with E-state index in [9.17, 15) is 18.0 Å². The van der Waals surface area contributed by atoms with E-state index in [1.165, 1.54) is 12.3 Å². The molecule has 0 saturated carbocycles. The highest BCUT2D eigenvalue weighted by Gasteiger charge is 2.30. The number of aromatic amines is 1. The molecule has 0 bridgehead atoms. The van der Waals surface area contributed by atoms with Gasteiger partial charge in [-0.15, -0.1) is 0 Å². The molecule has 0 spiro atoms. The molecule has 0 atom stereocenters. The van der Waals surface area contributed by atoms with Crippen molar-refractivity contribution in [3.63, 3.8) is 0 Å². The summed E-state index contributed by atoms with van der Waals surface area (Å²) < 4.78 is 32.9. The van der Waals surface area contributed by atoms with Gasteiger partial charge in [0, 0.05) is 29.4 Å². The largest absolute Gasteiger partial charge is 0.461 e. The number of nitrogens with one attached hydrogen (secondary N) is 1. The van der Waals surface area contributed by atoms with Crippen LogP contribution in [0.3, 0.4) is 0 Å². The molecule has 164 valence electrons. The number of aromatic nitrogens is 2. The predicted molar refractivity (Wildman–Crippen MR) is 117 cm³/mol. The van der Waals surface area contributed by atoms with Crippen molar-refractivity contribution in [3.05, 3.63) is 59.0 Å². The van der Waals surface area contributed by atoms with E-state index in [0.29, 0.717) is 27.7 Å². The topological polar surface area (TPSA) is 109 Å². The monoisotopic (exact) mass is 443 g/mol. The SMILES string of the molecule is CCOC(=O)c1[nH]c(C)c(C(=O)CN(CC)S(=O)(=O)c2cccc3cccnc23)c1C. The van der Waals surface area contributed by atoms with Crippen molar-refractivity contribution in [1.29, 1.82) is 0 Å². The molecule has 1 aromatic carbocycles. The summed E-state index contributed by atoms with van der Waals surface area (Å²) in [5, 5.41) is 0.697. The maximum atomic E-state index is 13.4. The molecule has 0 aliphatic rings. The molecule has 0 amide bonds. The fraction of sp³-hybridized carbons (Fsp3) is 0.318. The van der Waals surface area contributed by atoms with Crippen LogP contribution in [0.2, 0.25) is 0 Å². The van der Waals surface area contributed by atoms with Crippen LogP contribution >= 0.6 is 0 Å². The quantitative estimate of drug-likeness (QED) is 0.423. The Kier molecular flexibility index (Phi) is 6.56. The van der Waals surface area contributed by atoms with Crippen molar-refractivity contribution in [2.75, 3.05) is 19.7 Å². The van der Waals surface area contributed by atoms with Gasteiger partial charge in [0.25, 0.3) is 0 Å². The summed E-state index contributed by atoms with van der Waals surface area (Å²) in [6, 6.07) is 8.44. The zero-order valence-corrected chi connectivity index (χ0v) is 18.7. The van der Waals surface area contributed by atoms with Gasteiger partial charge in [-0.05, 0) is 38.5 Å². The Balaban J connectivity index is 1.96. The highest BCUT2D eigenvalue weighted by molar-refractivity contribution is 7.89. The third kappa shape index (κ3) is 4.24. The number of hydrogen-bond acceptors (Lipinski definition) is 6. The number of sulfonamides is 1. The first-order chi connectivity index (χ1) is 14.7. The molecular formula is C22H25N3O5S. The number of H-pyrrole nitrogens is 1. The molecular weight excluding hydrogens is 418 g/mol. The van der Waals surface area contributed by atoms with Crippen LogP contribution in [0.25, 0.3) is 10.9 Å². The van der Waals surface area contributed by atoms with Crippen molar-refractivity contribution in [2.45, 2.75) is 32.6 Å². The molecule has 0 saturated heterocycles. The van der Waals surface area contributed by atoms with Crippen molar-refractivity contribution in [1.82, 2.24) is 14.3 Å². The highest BCUT2D eigenvalue weighted by Crippen LogP contribution is 2.25. The summed E-state index contributed by atoms with van der Waals surface area (Å²) in [4.78, 5) is 32.4. The summed E-state index contributed by atoms with van der Waals surface area (Å²) in [5.41, 5.74) is 1.79. The van der Waals surface area contributed by atoms with E-state index >= 15 is 0 Å². The van der Waals surface area contributed by atoms with E-state index in [0.717, 1.165) is 4.31 Å². The molecule has 31 heavy (non-hydrogen) atoms. The number of benzene rings is 1. The lowest BCUT2D eigenvalue weighted by molar-refractivity contribution is 0.0519. The van der Waals surface area contributed by atoms with Gasteiger partial charge in [-0.3, -0.25) is 9.78 Å². The normalized spacial score (nSPS) is 11.8. The number of aryl methyl sites for hydroxylation is 1. The lowest BCUT2D eigenvalue weighted by Gasteiger charge is -2.20. The molecule has 0 fully saturated rings. The minimum absolute atomic E-state index is 0.0509. The summed E-state index contributed by atoms with van der Waals surface area (Å²) >= 11 is 0. The highest BCUT2D eigenvalue weighted by atomic mass is 32.2. The molecule has 2 heterocycles. The van der Waals surface area contributed by atoms with Gasteiger partial charge in [0.1, 0.15) is 10.6 Å². The van der Waals surface area contributed by atoms with Gasteiger partial charge in [0.05, 0.1) is 18.7 Å². The number of para-hydroxylation sites is 1. The van der Waals surface area contributed by atoms with E-state index in [1.807, 2.05) is 0 Å². The van der Waals surface area contributed by atoms with Gasteiger partial charge in [-0.1, -0.05) is 25.1 Å². The Bertz CT molecular complexity index is 1240. The number of nitrogens with zero attached hydrogens (tertiary/aromatic N) is 2. The van der Waals surface area contributed by atoms with Crippen molar-refractivity contribution >= 4 is 32.7 Å². The van der Waals surface area contributed by atoms with E-state index in [-0.39, 0.29) is 30.3 Å². The number of fused-ring (bicyclic) bond motifs is 1. The van der Waals surface area contributed by atoms with Crippen LogP contribution in [0, 0.1) is 13.8 Å². The van der Waals surface area contributed by atoms with Gasteiger partial charge in [0.15, 0.2) is 5.78 Å². The zero-order chi connectivity index (χ0) is 22.8. The number of Topliss-reactive ketones (excluding diaryl/α,β-unsaturated/α-hetero) is 1. The molecule has 2 aromatic heterocycles. The molecule has 0 radical (unpaired) electrons. The predicted octanol–water partition coefficient (Wildman–Crippen LogP) is 3.25. The molecule has 0 aliphatic carbocycles. The van der Waals surface area contributed by atoms with Crippen molar-refractivity contribution in [3.8, 4) is 0 Å². The smallest absolute Gasteiger partial charge is 0.355 e. The molecule has 9 heteroatoms. The summed E-state index contributed by atoms with van der Waals surface area (Å²) in [6.45, 7) is 6.63. The average molecular weight is 444 g/mol. The van der Waals surface area contributed by atoms with Gasteiger partial charge >= 0.3 is 5.97 Å². The van der Waals surface area contributed by atoms with E-state index in [1.54, 1.807) is 52.0 Å². The number of rotatable bonds is 8. The van der Waals surface area contributed by atoms with Gasteiger partial charge in [-0.25, -0.2) is 13.2 Å². The fourth-order valence-electron chi connectivity index (χ4n) is 3.61. The van der Waals surface area contributed by atoms with Crippen molar-refractivity contribution < 1.29 is 22.7 Å². The fourth-order valence-corrected chi connectivity index (χ4v) is 5.18. The second-order valence-corrected chi connectivity index (χ2v) is 8.94. The van der Waals surface area contributed by atoms with Crippen LogP contribution in [0.15, 0.2) is 41.4 Å². The lowest BCUT2D eigenvalue weighted by atomic mass is 10.1. The molecule has 0 aliphatic heterocycles. The molecule has 3 rings (SSSR count). The maximum Gasteiger partial charge on any atom is 0.355 e. The van der Waals surface area contributed by atoms with E-state index < -0.39 is 21.8 Å². The Morgan fingerprint density at radius 1 is 1.13 bits per heavy atom. The van der Waals surface area contributed by atoms with Crippen molar-refractivity contribution in [2.24, 2.45) is 0 Å². The first-order valence-corrected chi connectivity index (χ1v) is 11.4. The van der Waals surface area contributed by atoms with Crippen LogP contribution in [0.1, 0.15) is 46.0 Å².